The van der Waals surface area contributed by atoms with Crippen LogP contribution in [0.25, 0.3) is 0 Å². The summed E-state index contributed by atoms with van der Waals surface area (Å²) in [5.41, 5.74) is 5.74. The Morgan fingerprint density at radius 2 is 1.83 bits per heavy atom. The Morgan fingerprint density at radius 3 is 2.33 bits per heavy atom. The largest absolute Gasteiger partial charge is 0.465 e. The standard InChI is InChI=1S/C11H12N2O4S/c1-16-9(14)6-4-3-5-7(13-11(12)18)8(6)10(15)17-2/h3-5H,1-2H3,(H3,12,13,18). The highest BCUT2D eigenvalue weighted by atomic mass is 32.1. The van der Waals surface area contributed by atoms with Crippen molar-refractivity contribution in [2.75, 3.05) is 19.5 Å². The van der Waals surface area contributed by atoms with Crippen LogP contribution in [0.1, 0.15) is 20.7 Å². The van der Waals surface area contributed by atoms with Crippen LogP contribution in [-0.2, 0) is 9.47 Å². The lowest BCUT2D eigenvalue weighted by Gasteiger charge is -2.12. The van der Waals surface area contributed by atoms with E-state index in [0.717, 1.165) is 0 Å². The molecule has 0 aromatic heterocycles. The molecule has 18 heavy (non-hydrogen) atoms. The van der Waals surface area contributed by atoms with Crippen LogP contribution in [0.5, 0.6) is 0 Å². The fourth-order valence-corrected chi connectivity index (χ4v) is 1.50. The Balaban J connectivity index is 3.39. The summed E-state index contributed by atoms with van der Waals surface area (Å²) in [6.07, 6.45) is 0. The topological polar surface area (TPSA) is 90.6 Å². The SMILES string of the molecule is COC(=O)c1cccc(NC(N)=S)c1C(=O)OC. The van der Waals surface area contributed by atoms with Gasteiger partial charge in [0.25, 0.3) is 0 Å². The van der Waals surface area contributed by atoms with Crippen molar-refractivity contribution in [2.24, 2.45) is 5.73 Å². The molecular formula is C11H12N2O4S. The molecule has 0 saturated carbocycles. The molecule has 0 radical (unpaired) electrons. The highest BCUT2D eigenvalue weighted by Gasteiger charge is 2.22. The zero-order chi connectivity index (χ0) is 13.7. The summed E-state index contributed by atoms with van der Waals surface area (Å²) in [4.78, 5) is 23.3. The van der Waals surface area contributed by atoms with Crippen LogP contribution >= 0.6 is 12.2 Å². The molecule has 3 N–H and O–H groups in total. The molecule has 0 amide bonds. The molecule has 0 aliphatic rings. The van der Waals surface area contributed by atoms with E-state index in [1.165, 1.54) is 20.3 Å². The van der Waals surface area contributed by atoms with Gasteiger partial charge in [0.05, 0.1) is 31.0 Å². The third-order valence-corrected chi connectivity index (χ3v) is 2.22. The van der Waals surface area contributed by atoms with Gasteiger partial charge >= 0.3 is 11.9 Å². The maximum Gasteiger partial charge on any atom is 0.340 e. The number of hydrogen-bond donors (Lipinski definition) is 2. The predicted octanol–water partition coefficient (Wildman–Crippen LogP) is 0.915. The number of esters is 2. The summed E-state index contributed by atoms with van der Waals surface area (Å²) in [5, 5.41) is 2.58. The third-order valence-electron chi connectivity index (χ3n) is 2.12. The second kappa shape index (κ2) is 5.97. The van der Waals surface area contributed by atoms with E-state index in [4.69, 9.17) is 18.0 Å². The highest BCUT2D eigenvalue weighted by Crippen LogP contribution is 2.21. The smallest absolute Gasteiger partial charge is 0.340 e. The van der Waals surface area contributed by atoms with Crippen molar-refractivity contribution < 1.29 is 19.1 Å². The van der Waals surface area contributed by atoms with Crippen LogP contribution in [0.4, 0.5) is 5.69 Å². The number of benzene rings is 1. The monoisotopic (exact) mass is 268 g/mol. The lowest BCUT2D eigenvalue weighted by Crippen LogP contribution is -2.22. The quantitative estimate of drug-likeness (QED) is 0.622. The molecule has 0 bridgehead atoms. The average molecular weight is 268 g/mol. The number of carbonyl (C=O) groups excluding carboxylic acids is 2. The van der Waals surface area contributed by atoms with Gasteiger partial charge in [0.15, 0.2) is 5.11 Å². The van der Waals surface area contributed by atoms with E-state index in [-0.39, 0.29) is 21.9 Å². The number of thiocarbonyl (C=S) groups is 1. The van der Waals surface area contributed by atoms with Gasteiger partial charge in [-0.2, -0.15) is 0 Å². The second-order valence-electron chi connectivity index (χ2n) is 3.20. The summed E-state index contributed by atoms with van der Waals surface area (Å²) >= 11 is 4.70. The fourth-order valence-electron chi connectivity index (χ4n) is 1.39. The number of nitrogens with one attached hydrogen (secondary N) is 1. The molecule has 6 nitrogen and oxygen atoms in total. The number of carbonyl (C=O) groups is 2. The number of anilines is 1. The molecule has 0 atom stereocenters. The van der Waals surface area contributed by atoms with Gasteiger partial charge in [0.2, 0.25) is 0 Å². The van der Waals surface area contributed by atoms with Gasteiger partial charge in [-0.25, -0.2) is 9.59 Å². The molecule has 0 aliphatic heterocycles. The summed E-state index contributed by atoms with van der Waals surface area (Å²) in [7, 11) is 2.43. The van der Waals surface area contributed by atoms with Crippen molar-refractivity contribution in [2.45, 2.75) is 0 Å². The van der Waals surface area contributed by atoms with Crippen LogP contribution in [0, 0.1) is 0 Å². The minimum atomic E-state index is -0.685. The minimum Gasteiger partial charge on any atom is -0.465 e. The Labute approximate surface area is 109 Å². The van der Waals surface area contributed by atoms with Gasteiger partial charge in [-0.15, -0.1) is 0 Å². The van der Waals surface area contributed by atoms with E-state index in [1.54, 1.807) is 12.1 Å². The molecule has 0 spiro atoms. The Bertz CT molecular complexity index is 502. The van der Waals surface area contributed by atoms with E-state index in [2.05, 4.69) is 14.8 Å². The Morgan fingerprint density at radius 1 is 1.22 bits per heavy atom. The van der Waals surface area contributed by atoms with Crippen molar-refractivity contribution in [1.82, 2.24) is 0 Å². The molecule has 0 saturated heterocycles. The van der Waals surface area contributed by atoms with Crippen LogP contribution < -0.4 is 11.1 Å². The van der Waals surface area contributed by atoms with Crippen molar-refractivity contribution in [1.29, 1.82) is 0 Å². The number of hydrogen-bond acceptors (Lipinski definition) is 5. The zero-order valence-electron chi connectivity index (χ0n) is 9.85. The van der Waals surface area contributed by atoms with Crippen LogP contribution in [-0.4, -0.2) is 31.3 Å². The number of ether oxygens (including phenoxy) is 2. The molecule has 96 valence electrons. The summed E-state index contributed by atoms with van der Waals surface area (Å²) in [5.74, 6) is -1.34. The van der Waals surface area contributed by atoms with Crippen molar-refractivity contribution >= 4 is 35.0 Å². The fraction of sp³-hybridized carbons (Fsp3) is 0.182. The molecule has 1 aromatic rings. The molecule has 7 heteroatoms. The van der Waals surface area contributed by atoms with Gasteiger partial charge in [-0.1, -0.05) is 6.07 Å². The molecule has 0 aliphatic carbocycles. The molecule has 0 unspecified atom stereocenters. The molecule has 0 heterocycles. The number of methoxy groups -OCH3 is 2. The van der Waals surface area contributed by atoms with Crippen molar-refractivity contribution in [3.8, 4) is 0 Å². The van der Waals surface area contributed by atoms with Gasteiger partial charge < -0.3 is 20.5 Å². The van der Waals surface area contributed by atoms with Crippen molar-refractivity contribution in [3.63, 3.8) is 0 Å². The second-order valence-corrected chi connectivity index (χ2v) is 3.64. The Kier molecular flexibility index (Phi) is 4.61. The lowest BCUT2D eigenvalue weighted by molar-refractivity contribution is 0.0556. The minimum absolute atomic E-state index is 0.0258. The van der Waals surface area contributed by atoms with E-state index >= 15 is 0 Å². The summed E-state index contributed by atoms with van der Waals surface area (Å²) in [6.45, 7) is 0. The van der Waals surface area contributed by atoms with E-state index < -0.39 is 11.9 Å². The number of nitrogens with two attached hydrogens (primary N) is 1. The van der Waals surface area contributed by atoms with Gasteiger partial charge in [0.1, 0.15) is 0 Å². The molecular weight excluding hydrogens is 256 g/mol. The normalized spacial score (nSPS) is 9.44. The molecule has 1 rings (SSSR count). The average Bonchev–Trinajstić information content (AvgIpc) is 2.36. The number of rotatable bonds is 3. The molecule has 0 fully saturated rings. The lowest BCUT2D eigenvalue weighted by atomic mass is 10.1. The summed E-state index contributed by atoms with van der Waals surface area (Å²) < 4.78 is 9.22. The van der Waals surface area contributed by atoms with Crippen LogP contribution in [0.3, 0.4) is 0 Å². The van der Waals surface area contributed by atoms with Gasteiger partial charge in [-0.3, -0.25) is 0 Å². The highest BCUT2D eigenvalue weighted by molar-refractivity contribution is 7.80. The Hall–Kier alpha value is -2.15. The van der Waals surface area contributed by atoms with Crippen LogP contribution in [0.2, 0.25) is 0 Å². The van der Waals surface area contributed by atoms with E-state index in [9.17, 15) is 9.59 Å². The molecule has 1 aromatic carbocycles. The van der Waals surface area contributed by atoms with E-state index in [0.29, 0.717) is 0 Å². The van der Waals surface area contributed by atoms with Gasteiger partial charge in [0, 0.05) is 0 Å². The maximum atomic E-state index is 11.7. The summed E-state index contributed by atoms with van der Waals surface area (Å²) in [6, 6.07) is 4.57. The van der Waals surface area contributed by atoms with Crippen LogP contribution in [0.15, 0.2) is 18.2 Å². The first-order chi connectivity index (χ1) is 8.51. The maximum absolute atomic E-state index is 11.7. The first-order valence-corrected chi connectivity index (χ1v) is 5.28. The predicted molar refractivity (Wildman–Crippen MR) is 69.5 cm³/mol. The van der Waals surface area contributed by atoms with E-state index in [1.807, 2.05) is 0 Å². The van der Waals surface area contributed by atoms with Gasteiger partial charge in [-0.05, 0) is 24.4 Å². The van der Waals surface area contributed by atoms with Crippen molar-refractivity contribution in [3.05, 3.63) is 29.3 Å². The first-order valence-electron chi connectivity index (χ1n) is 4.87. The third kappa shape index (κ3) is 2.95. The first kappa shape index (κ1) is 13.9. The zero-order valence-corrected chi connectivity index (χ0v) is 10.7.